The predicted octanol–water partition coefficient (Wildman–Crippen LogP) is 1.10. The van der Waals surface area contributed by atoms with Crippen LogP contribution in [0.4, 0.5) is 5.82 Å². The molecule has 1 aromatic heterocycles. The molecule has 0 aromatic carbocycles. The van der Waals surface area contributed by atoms with E-state index in [9.17, 15) is 4.79 Å². The number of rotatable bonds is 2. The highest BCUT2D eigenvalue weighted by Gasteiger charge is 2.11. The third-order valence-corrected chi connectivity index (χ3v) is 2.91. The second kappa shape index (κ2) is 4.92. The molecule has 2 rings (SSSR count). The van der Waals surface area contributed by atoms with Gasteiger partial charge in [-0.3, -0.25) is 9.79 Å². The van der Waals surface area contributed by atoms with Crippen LogP contribution in [0.1, 0.15) is 37.7 Å². The van der Waals surface area contributed by atoms with Gasteiger partial charge in [-0.05, 0) is 12.8 Å². The Morgan fingerprint density at radius 1 is 1.44 bits per heavy atom. The summed E-state index contributed by atoms with van der Waals surface area (Å²) in [7, 11) is 0. The van der Waals surface area contributed by atoms with E-state index in [1.807, 2.05) is 0 Å². The standard InChI is InChI=1S/C11H16N4O/c12-10-9(11(16)15-7-14-10)6-13-8-4-2-1-3-5-8/h6-8H,1-5H2,(H3,12,14,15,16). The smallest absolute Gasteiger partial charge is 0.261 e. The average molecular weight is 220 g/mol. The van der Waals surface area contributed by atoms with Crippen LogP contribution in [0, 0.1) is 0 Å². The summed E-state index contributed by atoms with van der Waals surface area (Å²) in [6.45, 7) is 0. The van der Waals surface area contributed by atoms with Crippen LogP contribution >= 0.6 is 0 Å². The summed E-state index contributed by atoms with van der Waals surface area (Å²) >= 11 is 0. The molecule has 5 heteroatoms. The number of aliphatic imine (C=N–C) groups is 1. The fourth-order valence-corrected chi connectivity index (χ4v) is 1.96. The van der Waals surface area contributed by atoms with E-state index in [0.29, 0.717) is 11.6 Å². The van der Waals surface area contributed by atoms with Gasteiger partial charge in [0.25, 0.3) is 5.56 Å². The van der Waals surface area contributed by atoms with Crippen LogP contribution in [-0.4, -0.2) is 22.2 Å². The van der Waals surface area contributed by atoms with Gasteiger partial charge < -0.3 is 10.7 Å². The Kier molecular flexibility index (Phi) is 3.34. The summed E-state index contributed by atoms with van der Waals surface area (Å²) in [4.78, 5) is 22.2. The molecule has 0 radical (unpaired) electrons. The molecular formula is C11H16N4O. The van der Waals surface area contributed by atoms with Crippen molar-refractivity contribution >= 4 is 12.0 Å². The number of hydrogen-bond acceptors (Lipinski definition) is 4. The number of nitrogens with zero attached hydrogens (tertiary/aromatic N) is 2. The molecule has 5 nitrogen and oxygen atoms in total. The summed E-state index contributed by atoms with van der Waals surface area (Å²) in [5, 5.41) is 0. The first kappa shape index (κ1) is 10.9. The average Bonchev–Trinajstić information content (AvgIpc) is 2.30. The lowest BCUT2D eigenvalue weighted by Crippen LogP contribution is -2.17. The van der Waals surface area contributed by atoms with E-state index >= 15 is 0 Å². The molecule has 3 N–H and O–H groups in total. The fraction of sp³-hybridized carbons (Fsp3) is 0.545. The Morgan fingerprint density at radius 2 is 2.19 bits per heavy atom. The highest BCUT2D eigenvalue weighted by Crippen LogP contribution is 2.20. The number of nitrogens with one attached hydrogen (secondary N) is 1. The van der Waals surface area contributed by atoms with Crippen molar-refractivity contribution in [3.63, 3.8) is 0 Å². The molecule has 1 aliphatic carbocycles. The minimum atomic E-state index is -0.230. The Hall–Kier alpha value is -1.65. The normalized spacial score (nSPS) is 18.0. The zero-order valence-corrected chi connectivity index (χ0v) is 9.15. The second-order valence-electron chi connectivity index (χ2n) is 4.10. The van der Waals surface area contributed by atoms with Crippen LogP contribution in [0.25, 0.3) is 0 Å². The molecule has 1 saturated carbocycles. The summed E-state index contributed by atoms with van der Waals surface area (Å²) in [5.74, 6) is 0.239. The van der Waals surface area contributed by atoms with Gasteiger partial charge in [-0.15, -0.1) is 0 Å². The van der Waals surface area contributed by atoms with Gasteiger partial charge in [0.15, 0.2) is 0 Å². The second-order valence-corrected chi connectivity index (χ2v) is 4.10. The van der Waals surface area contributed by atoms with Gasteiger partial charge in [0.2, 0.25) is 0 Å². The van der Waals surface area contributed by atoms with Crippen LogP contribution in [-0.2, 0) is 0 Å². The molecule has 16 heavy (non-hydrogen) atoms. The maximum Gasteiger partial charge on any atom is 0.261 e. The van der Waals surface area contributed by atoms with Crippen molar-refractivity contribution in [2.75, 3.05) is 5.73 Å². The Balaban J connectivity index is 2.13. The molecule has 1 heterocycles. The van der Waals surface area contributed by atoms with E-state index in [1.54, 1.807) is 6.21 Å². The zero-order valence-electron chi connectivity index (χ0n) is 9.15. The molecule has 86 valence electrons. The van der Waals surface area contributed by atoms with Crippen LogP contribution < -0.4 is 11.3 Å². The first-order valence-electron chi connectivity index (χ1n) is 5.63. The molecular weight excluding hydrogens is 204 g/mol. The Labute approximate surface area is 93.8 Å². The number of H-pyrrole nitrogens is 1. The van der Waals surface area contributed by atoms with Gasteiger partial charge in [0.1, 0.15) is 5.82 Å². The molecule has 0 amide bonds. The first-order valence-corrected chi connectivity index (χ1v) is 5.63. The summed E-state index contributed by atoms with van der Waals surface area (Å²) in [5.41, 5.74) is 5.75. The van der Waals surface area contributed by atoms with Gasteiger partial charge in [0, 0.05) is 12.3 Å². The van der Waals surface area contributed by atoms with Crippen molar-refractivity contribution in [1.29, 1.82) is 0 Å². The number of anilines is 1. The lowest BCUT2D eigenvalue weighted by molar-refractivity contribution is 0.444. The lowest BCUT2D eigenvalue weighted by Gasteiger charge is -2.16. The molecule has 0 aliphatic heterocycles. The van der Waals surface area contributed by atoms with E-state index in [0.717, 1.165) is 12.8 Å². The minimum Gasteiger partial charge on any atom is -0.383 e. The number of nitrogen functional groups attached to an aromatic ring is 1. The predicted molar refractivity (Wildman–Crippen MR) is 63.7 cm³/mol. The third kappa shape index (κ3) is 2.48. The highest BCUT2D eigenvalue weighted by molar-refractivity contribution is 5.84. The van der Waals surface area contributed by atoms with Gasteiger partial charge >= 0.3 is 0 Å². The molecule has 0 unspecified atom stereocenters. The van der Waals surface area contributed by atoms with Crippen LogP contribution in [0.2, 0.25) is 0 Å². The summed E-state index contributed by atoms with van der Waals surface area (Å²) in [6.07, 6.45) is 8.82. The van der Waals surface area contributed by atoms with Gasteiger partial charge in [-0.25, -0.2) is 4.98 Å². The number of aromatic nitrogens is 2. The SMILES string of the molecule is Nc1nc[nH]c(=O)c1C=NC1CCCCC1. The van der Waals surface area contributed by atoms with Crippen molar-refractivity contribution < 1.29 is 0 Å². The molecule has 1 aliphatic rings. The lowest BCUT2D eigenvalue weighted by atomic mass is 9.96. The number of aromatic amines is 1. The van der Waals surface area contributed by atoms with E-state index in [1.165, 1.54) is 25.6 Å². The molecule has 0 bridgehead atoms. The highest BCUT2D eigenvalue weighted by atomic mass is 16.1. The minimum absolute atomic E-state index is 0.230. The van der Waals surface area contributed by atoms with Crippen molar-refractivity contribution in [1.82, 2.24) is 9.97 Å². The zero-order chi connectivity index (χ0) is 11.4. The van der Waals surface area contributed by atoms with Crippen molar-refractivity contribution in [2.24, 2.45) is 4.99 Å². The van der Waals surface area contributed by atoms with Gasteiger partial charge in [-0.1, -0.05) is 19.3 Å². The topological polar surface area (TPSA) is 84.1 Å². The van der Waals surface area contributed by atoms with E-state index in [-0.39, 0.29) is 11.4 Å². The van der Waals surface area contributed by atoms with Crippen LogP contribution in [0.15, 0.2) is 16.1 Å². The molecule has 1 fully saturated rings. The number of nitrogens with two attached hydrogens (primary N) is 1. The quantitative estimate of drug-likeness (QED) is 0.732. The van der Waals surface area contributed by atoms with Crippen molar-refractivity contribution in [2.45, 2.75) is 38.1 Å². The first-order chi connectivity index (χ1) is 7.77. The third-order valence-electron chi connectivity index (χ3n) is 2.91. The van der Waals surface area contributed by atoms with Crippen molar-refractivity contribution in [3.8, 4) is 0 Å². The molecule has 0 saturated heterocycles. The summed E-state index contributed by atoms with van der Waals surface area (Å²) in [6, 6.07) is 0.341. The van der Waals surface area contributed by atoms with E-state index in [2.05, 4.69) is 15.0 Å². The Morgan fingerprint density at radius 3 is 2.88 bits per heavy atom. The van der Waals surface area contributed by atoms with Gasteiger partial charge in [0.05, 0.1) is 11.9 Å². The molecule has 0 atom stereocenters. The summed E-state index contributed by atoms with van der Waals surface area (Å²) < 4.78 is 0. The van der Waals surface area contributed by atoms with E-state index < -0.39 is 0 Å². The monoisotopic (exact) mass is 220 g/mol. The van der Waals surface area contributed by atoms with Gasteiger partial charge in [-0.2, -0.15) is 0 Å². The molecule has 0 spiro atoms. The fourth-order valence-electron chi connectivity index (χ4n) is 1.96. The van der Waals surface area contributed by atoms with E-state index in [4.69, 9.17) is 5.73 Å². The maximum atomic E-state index is 11.4. The number of hydrogen-bond donors (Lipinski definition) is 2. The van der Waals surface area contributed by atoms with Crippen LogP contribution in [0.3, 0.4) is 0 Å². The van der Waals surface area contributed by atoms with Crippen LogP contribution in [0.5, 0.6) is 0 Å². The largest absolute Gasteiger partial charge is 0.383 e. The molecule has 1 aromatic rings. The van der Waals surface area contributed by atoms with Crippen molar-refractivity contribution in [3.05, 3.63) is 22.2 Å². The Bertz CT molecular complexity index is 432. The maximum absolute atomic E-state index is 11.4.